The Bertz CT molecular complexity index is 329. The summed E-state index contributed by atoms with van der Waals surface area (Å²) in [5.74, 6) is -1.40. The monoisotopic (exact) mass is 270 g/mol. The molecule has 0 spiro atoms. The summed E-state index contributed by atoms with van der Waals surface area (Å²) in [5, 5.41) is 15.1. The van der Waals surface area contributed by atoms with Crippen molar-refractivity contribution in [3.63, 3.8) is 0 Å². The first-order chi connectivity index (χ1) is 8.88. The van der Waals surface area contributed by atoms with E-state index in [-0.39, 0.29) is 23.9 Å². The van der Waals surface area contributed by atoms with E-state index < -0.39 is 11.9 Å². The fourth-order valence-electron chi connectivity index (χ4n) is 2.65. The molecule has 0 aliphatic carbocycles. The molecule has 2 unspecified atom stereocenters. The van der Waals surface area contributed by atoms with Crippen molar-refractivity contribution in [2.24, 2.45) is 11.3 Å². The lowest BCUT2D eigenvalue weighted by Gasteiger charge is -2.38. The Balaban J connectivity index is 2.51. The lowest BCUT2D eigenvalue weighted by atomic mass is 9.77. The molecule has 19 heavy (non-hydrogen) atoms. The third-order valence-electron chi connectivity index (χ3n) is 3.90. The Kier molecular flexibility index (Phi) is 5.79. The maximum atomic E-state index is 12.2. The quantitative estimate of drug-likeness (QED) is 0.681. The lowest BCUT2D eigenvalue weighted by Crippen LogP contribution is -2.56. The van der Waals surface area contributed by atoms with E-state index in [4.69, 9.17) is 5.11 Å². The Morgan fingerprint density at radius 1 is 1.47 bits per heavy atom. The zero-order valence-electron chi connectivity index (χ0n) is 12.2. The molecule has 3 N–H and O–H groups in total. The van der Waals surface area contributed by atoms with Gasteiger partial charge in [-0.15, -0.1) is 0 Å². The molecule has 110 valence electrons. The number of carboxylic acid groups (broad SMARTS) is 1. The van der Waals surface area contributed by atoms with Crippen molar-refractivity contribution in [2.45, 2.75) is 52.5 Å². The van der Waals surface area contributed by atoms with Crippen LogP contribution >= 0.6 is 0 Å². The summed E-state index contributed by atoms with van der Waals surface area (Å²) in [7, 11) is 0. The van der Waals surface area contributed by atoms with Crippen LogP contribution in [0, 0.1) is 11.3 Å². The van der Waals surface area contributed by atoms with E-state index in [1.165, 1.54) is 0 Å². The average Bonchev–Trinajstić information content (AvgIpc) is 2.33. The van der Waals surface area contributed by atoms with E-state index in [0.717, 1.165) is 25.8 Å². The number of hydrogen-bond donors (Lipinski definition) is 3. The largest absolute Gasteiger partial charge is 0.481 e. The van der Waals surface area contributed by atoms with Gasteiger partial charge in [-0.3, -0.25) is 9.59 Å². The molecule has 0 aromatic rings. The molecule has 1 fully saturated rings. The van der Waals surface area contributed by atoms with Crippen LogP contribution in [0.3, 0.4) is 0 Å². The van der Waals surface area contributed by atoms with Gasteiger partial charge in [-0.05, 0) is 31.2 Å². The molecule has 0 radical (unpaired) electrons. The van der Waals surface area contributed by atoms with Gasteiger partial charge in [-0.25, -0.2) is 0 Å². The molecule has 0 bridgehead atoms. The molecule has 0 saturated carbocycles. The third kappa shape index (κ3) is 4.49. The standard InChI is InChI=1S/C14H26N2O3/c1-4-6-10(13(18)19)9-16-12(17)11-14(2,3)7-5-8-15-11/h10-11,15H,4-9H2,1-3H3,(H,16,17)(H,18,19). The van der Waals surface area contributed by atoms with Crippen molar-refractivity contribution in [1.29, 1.82) is 0 Å². The van der Waals surface area contributed by atoms with Crippen molar-refractivity contribution in [3.8, 4) is 0 Å². The molecule has 1 aliphatic rings. The maximum absolute atomic E-state index is 12.2. The summed E-state index contributed by atoms with van der Waals surface area (Å²) < 4.78 is 0. The number of nitrogens with one attached hydrogen (secondary N) is 2. The van der Waals surface area contributed by atoms with Gasteiger partial charge in [0.1, 0.15) is 0 Å². The number of hydrogen-bond acceptors (Lipinski definition) is 3. The Morgan fingerprint density at radius 2 is 2.16 bits per heavy atom. The molecule has 0 aromatic heterocycles. The fourth-order valence-corrected chi connectivity index (χ4v) is 2.65. The maximum Gasteiger partial charge on any atom is 0.308 e. The molecule has 0 aromatic carbocycles. The van der Waals surface area contributed by atoms with E-state index in [1.807, 2.05) is 6.92 Å². The second-order valence-corrected chi connectivity index (χ2v) is 6.05. The number of carboxylic acids is 1. The van der Waals surface area contributed by atoms with Gasteiger partial charge in [0.05, 0.1) is 12.0 Å². The first-order valence-corrected chi connectivity index (χ1v) is 7.12. The Morgan fingerprint density at radius 3 is 2.68 bits per heavy atom. The summed E-state index contributed by atoms with van der Waals surface area (Å²) in [6, 6.07) is -0.225. The lowest BCUT2D eigenvalue weighted by molar-refractivity contribution is -0.142. The van der Waals surface area contributed by atoms with E-state index in [2.05, 4.69) is 24.5 Å². The second kappa shape index (κ2) is 6.89. The van der Waals surface area contributed by atoms with Crippen LogP contribution in [0.25, 0.3) is 0 Å². The summed E-state index contributed by atoms with van der Waals surface area (Å²) in [6.45, 7) is 7.16. The number of amides is 1. The highest BCUT2D eigenvalue weighted by molar-refractivity contribution is 5.83. The van der Waals surface area contributed by atoms with Gasteiger partial charge in [-0.2, -0.15) is 0 Å². The van der Waals surface area contributed by atoms with E-state index >= 15 is 0 Å². The van der Waals surface area contributed by atoms with Crippen molar-refractivity contribution in [3.05, 3.63) is 0 Å². The first-order valence-electron chi connectivity index (χ1n) is 7.12. The van der Waals surface area contributed by atoms with Crippen molar-refractivity contribution < 1.29 is 14.7 Å². The number of aliphatic carboxylic acids is 1. The molecule has 2 atom stereocenters. The second-order valence-electron chi connectivity index (χ2n) is 6.05. The van der Waals surface area contributed by atoms with Crippen LogP contribution < -0.4 is 10.6 Å². The number of rotatable bonds is 6. The molecular formula is C14H26N2O3. The summed E-state index contributed by atoms with van der Waals surface area (Å²) in [6.07, 6.45) is 3.48. The van der Waals surface area contributed by atoms with Crippen LogP contribution in [0.2, 0.25) is 0 Å². The predicted octanol–water partition coefficient (Wildman–Crippen LogP) is 1.38. The minimum absolute atomic E-state index is 0.0768. The molecule has 5 nitrogen and oxygen atoms in total. The summed E-state index contributed by atoms with van der Waals surface area (Å²) >= 11 is 0. The summed E-state index contributed by atoms with van der Waals surface area (Å²) in [5.41, 5.74) is -0.0776. The molecule has 1 rings (SSSR count). The van der Waals surface area contributed by atoms with Gasteiger partial charge in [-0.1, -0.05) is 27.2 Å². The van der Waals surface area contributed by atoms with Crippen LogP contribution in [-0.4, -0.2) is 36.1 Å². The zero-order valence-corrected chi connectivity index (χ0v) is 12.2. The molecule has 1 heterocycles. The summed E-state index contributed by atoms with van der Waals surface area (Å²) in [4.78, 5) is 23.2. The smallest absolute Gasteiger partial charge is 0.308 e. The van der Waals surface area contributed by atoms with E-state index in [9.17, 15) is 9.59 Å². The van der Waals surface area contributed by atoms with Crippen molar-refractivity contribution >= 4 is 11.9 Å². The van der Waals surface area contributed by atoms with Crippen LogP contribution in [0.15, 0.2) is 0 Å². The highest BCUT2D eigenvalue weighted by Crippen LogP contribution is 2.30. The van der Waals surface area contributed by atoms with E-state index in [0.29, 0.717) is 6.42 Å². The highest BCUT2D eigenvalue weighted by Gasteiger charge is 2.37. The highest BCUT2D eigenvalue weighted by atomic mass is 16.4. The molecule has 1 aliphatic heterocycles. The normalized spacial score (nSPS) is 23.6. The first kappa shape index (κ1) is 16.0. The zero-order chi connectivity index (χ0) is 14.5. The number of piperidine rings is 1. The van der Waals surface area contributed by atoms with Gasteiger partial charge in [0, 0.05) is 6.54 Å². The molecule has 5 heteroatoms. The van der Waals surface area contributed by atoms with Crippen molar-refractivity contribution in [2.75, 3.05) is 13.1 Å². The number of carbonyl (C=O) groups excluding carboxylic acids is 1. The Labute approximate surface area is 115 Å². The molecule has 1 amide bonds. The van der Waals surface area contributed by atoms with Crippen LogP contribution in [0.4, 0.5) is 0 Å². The Hall–Kier alpha value is -1.10. The van der Waals surface area contributed by atoms with Crippen LogP contribution in [0.1, 0.15) is 46.5 Å². The minimum Gasteiger partial charge on any atom is -0.481 e. The predicted molar refractivity (Wildman–Crippen MR) is 73.8 cm³/mol. The fraction of sp³-hybridized carbons (Fsp3) is 0.857. The van der Waals surface area contributed by atoms with Gasteiger partial charge < -0.3 is 15.7 Å². The number of carbonyl (C=O) groups is 2. The topological polar surface area (TPSA) is 78.4 Å². The molecular weight excluding hydrogens is 244 g/mol. The van der Waals surface area contributed by atoms with Crippen LogP contribution in [0.5, 0.6) is 0 Å². The van der Waals surface area contributed by atoms with Gasteiger partial charge >= 0.3 is 5.97 Å². The SMILES string of the molecule is CCCC(CNC(=O)C1NCCCC1(C)C)C(=O)O. The van der Waals surface area contributed by atoms with Crippen molar-refractivity contribution in [1.82, 2.24) is 10.6 Å². The third-order valence-corrected chi connectivity index (χ3v) is 3.90. The minimum atomic E-state index is -0.835. The molecule has 1 saturated heterocycles. The van der Waals surface area contributed by atoms with Gasteiger partial charge in [0.2, 0.25) is 5.91 Å². The van der Waals surface area contributed by atoms with E-state index in [1.54, 1.807) is 0 Å². The van der Waals surface area contributed by atoms with Gasteiger partial charge in [0.15, 0.2) is 0 Å². The van der Waals surface area contributed by atoms with Crippen LogP contribution in [-0.2, 0) is 9.59 Å². The average molecular weight is 270 g/mol. The van der Waals surface area contributed by atoms with Gasteiger partial charge in [0.25, 0.3) is 0 Å².